The molecule has 0 radical (unpaired) electrons. The van der Waals surface area contributed by atoms with Crippen LogP contribution < -0.4 is 82.3 Å². The van der Waals surface area contributed by atoms with Crippen LogP contribution in [0, 0.1) is 11.8 Å². The zero-order chi connectivity index (χ0) is 70.4. The van der Waals surface area contributed by atoms with Gasteiger partial charge in [-0.15, -0.1) is 0 Å². The van der Waals surface area contributed by atoms with Crippen LogP contribution in [-0.2, 0) is 75.2 Å². The zero-order valence-electron chi connectivity index (χ0n) is 53.3. The summed E-state index contributed by atoms with van der Waals surface area (Å²) in [6.07, 6.45) is -0.751. The smallest absolute Gasteiger partial charge is 0.326 e. The fraction of sp³-hybridized carbons (Fsp3) is 0.586. The van der Waals surface area contributed by atoms with E-state index in [4.69, 9.17) is 34.4 Å². The molecule has 36 heteroatoms. The molecule has 0 aliphatic carbocycles. The summed E-state index contributed by atoms with van der Waals surface area (Å²) >= 11 is 0. The lowest BCUT2D eigenvalue weighted by Crippen LogP contribution is -2.61. The molecule has 1 fully saturated rings. The molecule has 1 aromatic heterocycles. The Labute approximate surface area is 542 Å². The number of nitrogens with two attached hydrogens (primary N) is 6. The summed E-state index contributed by atoms with van der Waals surface area (Å²) in [4.78, 5) is 191. The summed E-state index contributed by atoms with van der Waals surface area (Å²) in [5, 5.41) is 52.1. The van der Waals surface area contributed by atoms with Crippen molar-refractivity contribution in [2.45, 2.75) is 178 Å². The number of hydrogen-bond donors (Lipinski definition) is 19. The number of aliphatic imine (C=N–C) groups is 2. The molecule has 25 N–H and O–H groups in total. The van der Waals surface area contributed by atoms with Crippen molar-refractivity contribution >= 4 is 88.8 Å². The number of guanidine groups is 2. The van der Waals surface area contributed by atoms with Gasteiger partial charge in [0.2, 0.25) is 65.0 Å². The molecule has 11 atom stereocenters. The van der Waals surface area contributed by atoms with Crippen LogP contribution in [0.25, 0.3) is 0 Å². The summed E-state index contributed by atoms with van der Waals surface area (Å²) in [6.45, 7) is 7.16. The number of aliphatic carboxylic acids is 2. The third-order valence-corrected chi connectivity index (χ3v) is 14.6. The van der Waals surface area contributed by atoms with Crippen molar-refractivity contribution in [3.63, 3.8) is 0 Å². The van der Waals surface area contributed by atoms with Crippen LogP contribution in [0.4, 0.5) is 0 Å². The first-order chi connectivity index (χ1) is 44.3. The number of aromatic amines is 1. The van der Waals surface area contributed by atoms with E-state index >= 15 is 0 Å². The molecule has 1 aliphatic heterocycles. The molecule has 1 saturated heterocycles. The Morgan fingerprint density at radius 3 is 1.72 bits per heavy atom. The number of imidazole rings is 1. The number of carboxylic acids is 2. The van der Waals surface area contributed by atoms with E-state index in [1.165, 1.54) is 24.3 Å². The summed E-state index contributed by atoms with van der Waals surface area (Å²) in [5.41, 5.74) is 34.3. The molecular weight excluding hydrogens is 1230 g/mol. The van der Waals surface area contributed by atoms with E-state index in [2.05, 4.69) is 67.8 Å². The Hall–Kier alpha value is -10.00. The van der Waals surface area contributed by atoms with Gasteiger partial charge in [-0.05, 0) is 75.7 Å². The standard InChI is InChI=1S/C58H92N20O16/c1-29(2)22-40(56(93)94)75-53(90)45(30(3)4)76-54(91)46(31(5)79)77-51(88)37(23-32-12-7-6-8-13-32)70-43(81)27-68-47(84)39(25-42(60)80)73-48(85)35(15-10-20-67-58(63)64)71-49(86)36(17-18-44(82)83)72-50(87)38(24-33-26-65-28-69-33)74-52(89)41-16-11-21-78(41)55(92)34(59)14-9-19-66-57(61)62/h6-8,12-13,26,28-31,34-41,45-46,79H,9-11,14-25,27,59H2,1-5H3,(H2,60,80)(H,65,69)(H,68,84)(H,70,81)(H,71,86)(H,72,87)(H,73,85)(H,74,89)(H,75,90)(H,76,91)(H,77,88)(H,82,83)(H,93,94)(H4,61,62,66)(H4,63,64,67)/t31-,34+,35+,36+,37+,38+,39+,40+,41+,45+,46+/m1/s1. The van der Waals surface area contributed by atoms with Crippen LogP contribution >= 0.6 is 0 Å². The minimum Gasteiger partial charge on any atom is -0.481 e. The van der Waals surface area contributed by atoms with Gasteiger partial charge in [-0.1, -0.05) is 58.0 Å². The van der Waals surface area contributed by atoms with Crippen LogP contribution in [0.1, 0.15) is 110 Å². The van der Waals surface area contributed by atoms with Crippen molar-refractivity contribution < 1.29 is 77.6 Å². The van der Waals surface area contributed by atoms with Gasteiger partial charge >= 0.3 is 11.9 Å². The molecule has 3 rings (SSSR count). The molecular formula is C58H92N20O16. The maximum absolute atomic E-state index is 14.3. The Balaban J connectivity index is 1.86. The van der Waals surface area contributed by atoms with E-state index < -0.39 is 175 Å². The minimum absolute atomic E-state index is 0.0410. The number of aromatic nitrogens is 2. The van der Waals surface area contributed by atoms with Crippen molar-refractivity contribution in [3.05, 3.63) is 54.1 Å². The topological polar surface area (TPSA) is 604 Å². The van der Waals surface area contributed by atoms with E-state index in [0.29, 0.717) is 24.1 Å². The van der Waals surface area contributed by atoms with Crippen molar-refractivity contribution in [2.24, 2.45) is 56.2 Å². The molecule has 0 bridgehead atoms. The molecule has 520 valence electrons. The van der Waals surface area contributed by atoms with Gasteiger partial charge in [0.05, 0.1) is 31.4 Å². The fourth-order valence-electron chi connectivity index (χ4n) is 9.78. The van der Waals surface area contributed by atoms with E-state index in [-0.39, 0.29) is 82.4 Å². The molecule has 2 aromatic rings. The number of carbonyl (C=O) groups excluding carboxylic acids is 11. The van der Waals surface area contributed by atoms with E-state index in [0.717, 1.165) is 0 Å². The van der Waals surface area contributed by atoms with Gasteiger partial charge in [0, 0.05) is 50.8 Å². The summed E-state index contributed by atoms with van der Waals surface area (Å²) < 4.78 is 0. The normalized spacial score (nSPS) is 15.9. The molecule has 1 aromatic carbocycles. The highest BCUT2D eigenvalue weighted by Crippen LogP contribution is 2.20. The first kappa shape index (κ1) is 78.2. The van der Waals surface area contributed by atoms with Crippen molar-refractivity contribution in [2.75, 3.05) is 26.2 Å². The van der Waals surface area contributed by atoms with Crippen molar-refractivity contribution in [1.29, 1.82) is 0 Å². The third kappa shape index (κ3) is 27.8. The van der Waals surface area contributed by atoms with Gasteiger partial charge in [-0.2, -0.15) is 0 Å². The van der Waals surface area contributed by atoms with Gasteiger partial charge in [0.1, 0.15) is 54.4 Å². The van der Waals surface area contributed by atoms with Crippen LogP contribution in [-0.4, -0.2) is 212 Å². The number of likely N-dealkylation sites (tertiary alicyclic amines) is 1. The highest BCUT2D eigenvalue weighted by atomic mass is 16.4. The molecule has 0 saturated carbocycles. The molecule has 2 heterocycles. The van der Waals surface area contributed by atoms with E-state index in [1.54, 1.807) is 58.0 Å². The summed E-state index contributed by atoms with van der Waals surface area (Å²) in [5.74, 6) is -14.7. The number of hydrogen-bond acceptors (Lipinski definition) is 18. The molecule has 94 heavy (non-hydrogen) atoms. The molecule has 0 spiro atoms. The van der Waals surface area contributed by atoms with Gasteiger partial charge in [0.15, 0.2) is 11.9 Å². The van der Waals surface area contributed by atoms with Gasteiger partial charge in [-0.3, -0.25) is 67.5 Å². The lowest BCUT2D eigenvalue weighted by molar-refractivity contribution is -0.143. The number of rotatable bonds is 41. The lowest BCUT2D eigenvalue weighted by Gasteiger charge is -2.29. The lowest BCUT2D eigenvalue weighted by atomic mass is 9.99. The monoisotopic (exact) mass is 1320 g/mol. The average Bonchev–Trinajstić information content (AvgIpc) is 1.50. The number of aliphatic hydroxyl groups excluding tert-OH is 1. The number of nitrogens with one attached hydrogen (secondary N) is 10. The SMILES string of the molecule is CC(C)C[C@H](NC(=O)[C@@H](NC(=O)[C@@H](NC(=O)[C@H](Cc1ccccc1)NC(=O)CNC(=O)[C@H](CC(N)=O)NC(=O)[C@H](CCCN=C(N)N)NC(=O)[C@H](CCC(=O)O)NC(=O)[C@H](Cc1cnc[nH]1)NC(=O)[C@@H]1CCCN1C(=O)[C@@H](N)CCCN=C(N)N)[C@@H](C)O)C(C)C)C(=O)O. The minimum atomic E-state index is -1.86. The fourth-order valence-corrected chi connectivity index (χ4v) is 9.78. The van der Waals surface area contributed by atoms with Crippen LogP contribution in [0.2, 0.25) is 0 Å². The first-order valence-electron chi connectivity index (χ1n) is 30.6. The summed E-state index contributed by atoms with van der Waals surface area (Å²) in [6, 6.07) is -6.59. The number of nitrogens with zero attached hydrogens (tertiary/aromatic N) is 4. The number of carbonyl (C=O) groups is 13. The molecule has 0 unspecified atom stereocenters. The second kappa shape index (κ2) is 39.4. The second-order valence-corrected chi connectivity index (χ2v) is 23.3. The Morgan fingerprint density at radius 1 is 0.638 bits per heavy atom. The number of carboxylic acid groups (broad SMARTS) is 2. The predicted molar refractivity (Wildman–Crippen MR) is 338 cm³/mol. The molecule has 36 nitrogen and oxygen atoms in total. The van der Waals surface area contributed by atoms with Gasteiger partial charge in [-0.25, -0.2) is 9.78 Å². The zero-order valence-corrected chi connectivity index (χ0v) is 53.3. The largest absolute Gasteiger partial charge is 0.481 e. The number of aliphatic hydroxyl groups is 1. The van der Waals surface area contributed by atoms with E-state index in [9.17, 15) is 77.6 Å². The van der Waals surface area contributed by atoms with Crippen molar-refractivity contribution in [3.8, 4) is 0 Å². The number of benzene rings is 1. The first-order valence-corrected chi connectivity index (χ1v) is 30.6. The average molecular weight is 1330 g/mol. The van der Waals surface area contributed by atoms with Crippen LogP contribution in [0.5, 0.6) is 0 Å². The Bertz CT molecular complexity index is 2980. The number of H-pyrrole nitrogens is 1. The highest BCUT2D eigenvalue weighted by Gasteiger charge is 2.40. The Morgan fingerprint density at radius 2 is 1.18 bits per heavy atom. The number of amides is 11. The molecule has 11 amide bonds. The second-order valence-electron chi connectivity index (χ2n) is 23.3. The maximum atomic E-state index is 14.3. The highest BCUT2D eigenvalue weighted by molar-refractivity contribution is 5.99. The predicted octanol–water partition coefficient (Wildman–Crippen LogP) is -6.48. The summed E-state index contributed by atoms with van der Waals surface area (Å²) in [7, 11) is 0. The van der Waals surface area contributed by atoms with E-state index in [1.807, 2.05) is 0 Å². The molecule has 1 aliphatic rings. The van der Waals surface area contributed by atoms with Crippen LogP contribution in [0.15, 0.2) is 52.8 Å². The third-order valence-electron chi connectivity index (χ3n) is 14.6. The quantitative estimate of drug-likeness (QED) is 0.0167. The van der Waals surface area contributed by atoms with Gasteiger partial charge < -0.3 is 107 Å². The Kier molecular flexibility index (Phi) is 32.8. The maximum Gasteiger partial charge on any atom is 0.326 e. The van der Waals surface area contributed by atoms with Gasteiger partial charge in [0.25, 0.3) is 0 Å². The van der Waals surface area contributed by atoms with Crippen molar-refractivity contribution in [1.82, 2.24) is 62.7 Å². The van der Waals surface area contributed by atoms with Crippen LogP contribution in [0.3, 0.4) is 0 Å². The number of primary amides is 1.